The molecule has 1 atom stereocenters. The third-order valence-electron chi connectivity index (χ3n) is 4.67. The minimum Gasteiger partial charge on any atom is -0.508 e. The summed E-state index contributed by atoms with van der Waals surface area (Å²) in [4.78, 5) is 16.8. The number of H-pyrrole nitrogens is 2. The monoisotopic (exact) mass is 396 g/mol. The Bertz CT molecular complexity index is 1130. The Morgan fingerprint density at radius 3 is 1.97 bits per heavy atom. The van der Waals surface area contributed by atoms with Gasteiger partial charge in [0.05, 0.1) is 0 Å². The van der Waals surface area contributed by atoms with Gasteiger partial charge in [-0.2, -0.15) is 0 Å². The predicted octanol–water partition coefficient (Wildman–Crippen LogP) is 2.20. The topological polar surface area (TPSA) is 161 Å². The number of aromatic hydroxyl groups is 2. The van der Waals surface area contributed by atoms with Crippen LogP contribution in [0.5, 0.6) is 11.5 Å². The number of hydrogen-bond acceptors (Lipinski definition) is 5. The van der Waals surface area contributed by atoms with Crippen LogP contribution in [0.4, 0.5) is 0 Å². The van der Waals surface area contributed by atoms with Crippen molar-refractivity contribution in [2.45, 2.75) is 18.9 Å². The Morgan fingerprint density at radius 2 is 1.45 bits per heavy atom. The number of aromatic amines is 2. The number of benzene rings is 2. The van der Waals surface area contributed by atoms with E-state index in [-0.39, 0.29) is 12.2 Å². The van der Waals surface area contributed by atoms with Crippen LogP contribution in [0, 0.1) is 0 Å². The van der Waals surface area contributed by atoms with Gasteiger partial charge in [-0.05, 0) is 60.5 Å². The van der Waals surface area contributed by atoms with Crippen LogP contribution in [-0.4, -0.2) is 43.8 Å². The minimum absolute atomic E-state index is 0.150. The number of aromatic nitrogens is 2. The highest BCUT2D eigenvalue weighted by molar-refractivity contribution is 5.86. The standard InChI is InChI=1S/C11H12N2O3.C10H12N2O/c12-9(11(15)16)3-6-5-13-10-2-1-7(14)4-8(6)10;11-4-3-7-6-12-10-2-1-8(13)5-9(7)10/h1-2,4-5,9,13-14H,3,12H2,(H,15,16);1-2,5-6,12-13H,3-4,11H2/t9-;/m0./s1. The van der Waals surface area contributed by atoms with Crippen LogP contribution < -0.4 is 11.5 Å². The third kappa shape index (κ3) is 4.68. The Hall–Kier alpha value is -3.49. The molecule has 0 spiro atoms. The fraction of sp³-hybridized carbons (Fsp3) is 0.190. The van der Waals surface area contributed by atoms with Gasteiger partial charge in [-0.25, -0.2) is 0 Å². The summed E-state index contributed by atoms with van der Waals surface area (Å²) in [5.74, 6) is -0.586. The predicted molar refractivity (Wildman–Crippen MR) is 112 cm³/mol. The largest absolute Gasteiger partial charge is 0.508 e. The molecular weight excluding hydrogens is 372 g/mol. The molecule has 0 aliphatic rings. The van der Waals surface area contributed by atoms with Gasteiger partial charge in [-0.3, -0.25) is 4.79 Å². The van der Waals surface area contributed by atoms with Gasteiger partial charge < -0.3 is 36.8 Å². The van der Waals surface area contributed by atoms with Crippen molar-refractivity contribution in [3.8, 4) is 11.5 Å². The molecule has 152 valence electrons. The van der Waals surface area contributed by atoms with Crippen LogP contribution in [0.2, 0.25) is 0 Å². The molecule has 4 rings (SSSR count). The summed E-state index contributed by atoms with van der Waals surface area (Å²) < 4.78 is 0. The number of carbonyl (C=O) groups is 1. The van der Waals surface area contributed by atoms with Crippen molar-refractivity contribution in [3.63, 3.8) is 0 Å². The van der Waals surface area contributed by atoms with Gasteiger partial charge in [0.1, 0.15) is 17.5 Å². The number of nitrogens with one attached hydrogen (secondary N) is 2. The first-order valence-electron chi connectivity index (χ1n) is 9.15. The van der Waals surface area contributed by atoms with Crippen molar-refractivity contribution < 1.29 is 20.1 Å². The van der Waals surface area contributed by atoms with E-state index >= 15 is 0 Å². The van der Waals surface area contributed by atoms with E-state index in [2.05, 4.69) is 9.97 Å². The third-order valence-corrected chi connectivity index (χ3v) is 4.67. The Balaban J connectivity index is 0.000000169. The first-order chi connectivity index (χ1) is 13.9. The molecule has 0 fully saturated rings. The highest BCUT2D eigenvalue weighted by atomic mass is 16.4. The Kier molecular flexibility index (Phi) is 6.06. The van der Waals surface area contributed by atoms with Crippen molar-refractivity contribution in [3.05, 3.63) is 59.9 Å². The van der Waals surface area contributed by atoms with E-state index in [0.29, 0.717) is 12.3 Å². The molecule has 0 aliphatic carbocycles. The van der Waals surface area contributed by atoms with Crippen molar-refractivity contribution in [1.29, 1.82) is 0 Å². The highest BCUT2D eigenvalue weighted by Gasteiger charge is 2.14. The molecule has 0 saturated carbocycles. The molecule has 8 heteroatoms. The Morgan fingerprint density at radius 1 is 0.931 bits per heavy atom. The van der Waals surface area contributed by atoms with Crippen molar-refractivity contribution in [2.24, 2.45) is 11.5 Å². The lowest BCUT2D eigenvalue weighted by molar-refractivity contribution is -0.138. The quantitative estimate of drug-likeness (QED) is 0.274. The molecule has 0 aliphatic heterocycles. The second-order valence-corrected chi connectivity index (χ2v) is 6.78. The number of carboxylic acids is 1. The number of nitrogens with two attached hydrogens (primary N) is 2. The second-order valence-electron chi connectivity index (χ2n) is 6.78. The van der Waals surface area contributed by atoms with Gasteiger partial charge >= 0.3 is 5.97 Å². The summed E-state index contributed by atoms with van der Waals surface area (Å²) in [5, 5.41) is 29.2. The van der Waals surface area contributed by atoms with Gasteiger partial charge in [0.2, 0.25) is 0 Å². The van der Waals surface area contributed by atoms with Gasteiger partial charge in [-0.1, -0.05) is 0 Å². The lowest BCUT2D eigenvalue weighted by Gasteiger charge is -2.04. The van der Waals surface area contributed by atoms with E-state index in [9.17, 15) is 15.0 Å². The number of carboxylic acid groups (broad SMARTS) is 1. The van der Waals surface area contributed by atoms with Crippen LogP contribution in [0.25, 0.3) is 21.8 Å². The fourth-order valence-electron chi connectivity index (χ4n) is 3.19. The molecule has 0 saturated heterocycles. The minimum atomic E-state index is -1.03. The molecule has 0 radical (unpaired) electrons. The molecule has 0 amide bonds. The van der Waals surface area contributed by atoms with E-state index in [4.69, 9.17) is 16.6 Å². The number of phenolic OH excluding ortho intramolecular Hbond substituents is 2. The SMILES string of the molecule is NCCc1c[nH]c2ccc(O)cc12.N[C@@H](Cc1c[nH]c2ccc(O)cc12)C(=O)O. The summed E-state index contributed by atoms with van der Waals surface area (Å²) in [6, 6.07) is 9.27. The molecule has 9 N–H and O–H groups in total. The summed E-state index contributed by atoms with van der Waals surface area (Å²) in [7, 11) is 0. The second kappa shape index (κ2) is 8.68. The zero-order valence-corrected chi connectivity index (χ0v) is 15.7. The van der Waals surface area contributed by atoms with E-state index in [0.717, 1.165) is 39.4 Å². The fourth-order valence-corrected chi connectivity index (χ4v) is 3.19. The first kappa shape index (κ1) is 20.2. The number of phenols is 2. The average molecular weight is 396 g/mol. The van der Waals surface area contributed by atoms with Crippen molar-refractivity contribution in [2.75, 3.05) is 6.54 Å². The maximum Gasteiger partial charge on any atom is 0.320 e. The maximum atomic E-state index is 10.6. The van der Waals surface area contributed by atoms with Crippen LogP contribution in [0.15, 0.2) is 48.8 Å². The van der Waals surface area contributed by atoms with E-state index in [1.807, 2.05) is 12.3 Å². The summed E-state index contributed by atoms with van der Waals surface area (Å²) in [6.07, 6.45) is 4.73. The summed E-state index contributed by atoms with van der Waals surface area (Å²) in [6.45, 7) is 0.628. The lowest BCUT2D eigenvalue weighted by atomic mass is 10.1. The molecule has 2 heterocycles. The van der Waals surface area contributed by atoms with Crippen LogP contribution in [-0.2, 0) is 17.6 Å². The van der Waals surface area contributed by atoms with Crippen LogP contribution in [0.3, 0.4) is 0 Å². The van der Waals surface area contributed by atoms with E-state index in [1.54, 1.807) is 36.5 Å². The molecule has 29 heavy (non-hydrogen) atoms. The molecule has 8 nitrogen and oxygen atoms in total. The first-order valence-corrected chi connectivity index (χ1v) is 9.15. The van der Waals surface area contributed by atoms with E-state index in [1.165, 1.54) is 0 Å². The number of fused-ring (bicyclic) bond motifs is 2. The van der Waals surface area contributed by atoms with Crippen LogP contribution >= 0.6 is 0 Å². The highest BCUT2D eigenvalue weighted by Crippen LogP contribution is 2.24. The summed E-state index contributed by atoms with van der Waals surface area (Å²) in [5.41, 5.74) is 14.8. The average Bonchev–Trinajstić information content (AvgIpc) is 3.26. The van der Waals surface area contributed by atoms with Crippen molar-refractivity contribution in [1.82, 2.24) is 9.97 Å². The van der Waals surface area contributed by atoms with Gasteiger partial charge in [0.25, 0.3) is 0 Å². The zero-order chi connectivity index (χ0) is 21.0. The Labute approximate surface area is 166 Å². The van der Waals surface area contributed by atoms with Crippen LogP contribution in [0.1, 0.15) is 11.1 Å². The van der Waals surface area contributed by atoms with Gasteiger partial charge in [0, 0.05) is 40.6 Å². The van der Waals surface area contributed by atoms with Gasteiger partial charge in [-0.15, -0.1) is 0 Å². The summed E-state index contributed by atoms with van der Waals surface area (Å²) >= 11 is 0. The molecule has 0 bridgehead atoms. The normalized spacial score (nSPS) is 11.9. The van der Waals surface area contributed by atoms with Crippen molar-refractivity contribution >= 4 is 27.8 Å². The molecular formula is C21H24N4O4. The molecule has 2 aromatic carbocycles. The number of aliphatic carboxylic acids is 1. The maximum absolute atomic E-state index is 10.6. The smallest absolute Gasteiger partial charge is 0.320 e. The molecule has 0 unspecified atom stereocenters. The molecule has 4 aromatic rings. The number of hydrogen-bond donors (Lipinski definition) is 7. The lowest BCUT2D eigenvalue weighted by Crippen LogP contribution is -2.32. The van der Waals surface area contributed by atoms with E-state index < -0.39 is 12.0 Å². The van der Waals surface area contributed by atoms with Gasteiger partial charge in [0.15, 0.2) is 0 Å². The zero-order valence-electron chi connectivity index (χ0n) is 15.7. The molecule has 2 aromatic heterocycles. The number of rotatable bonds is 5.